The van der Waals surface area contributed by atoms with E-state index < -0.39 is 25.3 Å². The molecule has 1 atom stereocenters. The lowest BCUT2D eigenvalue weighted by Crippen LogP contribution is -2.40. The number of pyridine rings is 1. The van der Waals surface area contributed by atoms with Gasteiger partial charge in [-0.05, 0) is 65.4 Å². The van der Waals surface area contributed by atoms with Crippen LogP contribution in [-0.2, 0) is 25.3 Å². The Balaban J connectivity index is 1.87. The fraction of sp³-hybridized carbons (Fsp3) is 0.500. The molecule has 0 bridgehead atoms. The minimum Gasteiger partial charge on any atom is -0.365 e. The van der Waals surface area contributed by atoms with Crippen molar-refractivity contribution in [2.24, 2.45) is 0 Å². The predicted octanol–water partition coefficient (Wildman–Crippen LogP) is 4.52. The van der Waals surface area contributed by atoms with E-state index >= 15 is 0 Å². The highest BCUT2D eigenvalue weighted by molar-refractivity contribution is 9.10. The summed E-state index contributed by atoms with van der Waals surface area (Å²) in [6, 6.07) is 8.58. The van der Waals surface area contributed by atoms with Crippen LogP contribution in [-0.4, -0.2) is 45.9 Å². The number of rotatable bonds is 9. The van der Waals surface area contributed by atoms with Crippen LogP contribution in [0.2, 0.25) is 5.02 Å². The molecule has 2 heterocycles. The Hall–Kier alpha value is -1.20. The maximum atomic E-state index is 13.4. The molecule has 0 saturated carbocycles. The molecule has 0 aliphatic carbocycles. The Morgan fingerprint density at radius 2 is 1.88 bits per heavy atom. The largest absolute Gasteiger partial charge is 0.365 e. The Labute approximate surface area is 209 Å². The molecule has 2 N–H and O–H groups in total. The standard InChI is InChI=1S/C22H29BrClN3O4S2/c1-3-22(4-2,16-7-9-18(24)10-8-16)15-26-33(30,31)20-12-17(23)13-25-21(20)27-19-6-5-11-32(28,29)14-19/h7-10,12-13,19,26H,3-6,11,14-15H2,1-2H3,(H,25,27). The lowest BCUT2D eigenvalue weighted by Gasteiger charge is -2.33. The van der Waals surface area contributed by atoms with Crippen LogP contribution >= 0.6 is 27.5 Å². The summed E-state index contributed by atoms with van der Waals surface area (Å²) in [6.07, 6.45) is 4.13. The molecule has 1 fully saturated rings. The molecular formula is C22H29BrClN3O4S2. The first-order chi connectivity index (χ1) is 15.5. The van der Waals surface area contributed by atoms with E-state index in [2.05, 4.69) is 31.0 Å². The highest BCUT2D eigenvalue weighted by Crippen LogP contribution is 2.33. The van der Waals surface area contributed by atoms with Crippen LogP contribution in [0, 0.1) is 0 Å². The molecule has 3 rings (SSSR count). The van der Waals surface area contributed by atoms with E-state index in [9.17, 15) is 16.8 Å². The van der Waals surface area contributed by atoms with Gasteiger partial charge in [-0.25, -0.2) is 26.5 Å². The monoisotopic (exact) mass is 577 g/mol. The zero-order valence-electron chi connectivity index (χ0n) is 18.6. The molecule has 0 amide bonds. The summed E-state index contributed by atoms with van der Waals surface area (Å²) in [5.74, 6) is 0.271. The molecule has 1 aliphatic heterocycles. The predicted molar refractivity (Wildman–Crippen MR) is 136 cm³/mol. The third-order valence-corrected chi connectivity index (χ3v) is 10.2. The molecular weight excluding hydrogens is 550 g/mol. The smallest absolute Gasteiger partial charge is 0.244 e. The number of hydrogen-bond donors (Lipinski definition) is 2. The van der Waals surface area contributed by atoms with Gasteiger partial charge < -0.3 is 5.32 Å². The van der Waals surface area contributed by atoms with Gasteiger partial charge in [0, 0.05) is 33.7 Å². The van der Waals surface area contributed by atoms with Crippen LogP contribution in [0.1, 0.15) is 45.1 Å². The van der Waals surface area contributed by atoms with E-state index in [0.29, 0.717) is 22.3 Å². The highest BCUT2D eigenvalue weighted by atomic mass is 79.9. The summed E-state index contributed by atoms with van der Waals surface area (Å²) >= 11 is 9.34. The number of sulfone groups is 1. The van der Waals surface area contributed by atoms with E-state index in [1.54, 1.807) is 0 Å². The van der Waals surface area contributed by atoms with E-state index in [0.717, 1.165) is 18.4 Å². The second-order valence-electron chi connectivity index (χ2n) is 8.42. The van der Waals surface area contributed by atoms with Crippen molar-refractivity contribution in [3.63, 3.8) is 0 Å². The van der Waals surface area contributed by atoms with Gasteiger partial charge in [-0.15, -0.1) is 0 Å². The summed E-state index contributed by atoms with van der Waals surface area (Å²) in [4.78, 5) is 4.24. The Morgan fingerprint density at radius 1 is 1.21 bits per heavy atom. The van der Waals surface area contributed by atoms with E-state index in [1.807, 2.05) is 38.1 Å². The minimum atomic E-state index is -3.94. The molecule has 7 nitrogen and oxygen atoms in total. The number of anilines is 1. The van der Waals surface area contributed by atoms with Gasteiger partial charge in [0.15, 0.2) is 9.84 Å². The quantitative estimate of drug-likeness (QED) is 0.453. The Morgan fingerprint density at radius 3 is 2.48 bits per heavy atom. The molecule has 182 valence electrons. The lowest BCUT2D eigenvalue weighted by atomic mass is 9.76. The zero-order valence-corrected chi connectivity index (χ0v) is 22.6. The van der Waals surface area contributed by atoms with Gasteiger partial charge in [-0.2, -0.15) is 0 Å². The van der Waals surface area contributed by atoms with Crippen LogP contribution in [0.5, 0.6) is 0 Å². The van der Waals surface area contributed by atoms with Crippen LogP contribution in [0.3, 0.4) is 0 Å². The summed E-state index contributed by atoms with van der Waals surface area (Å²) in [7, 11) is -7.10. The number of benzene rings is 1. The average Bonchev–Trinajstić information content (AvgIpc) is 2.76. The molecule has 0 radical (unpaired) electrons. The zero-order chi connectivity index (χ0) is 24.3. The van der Waals surface area contributed by atoms with Crippen LogP contribution in [0.25, 0.3) is 0 Å². The second kappa shape index (κ2) is 10.6. The fourth-order valence-corrected chi connectivity index (χ4v) is 7.70. The van der Waals surface area contributed by atoms with Crippen molar-refractivity contribution in [2.75, 3.05) is 23.4 Å². The van der Waals surface area contributed by atoms with E-state index in [1.165, 1.54) is 12.3 Å². The SMILES string of the molecule is CCC(CC)(CNS(=O)(=O)c1cc(Br)cnc1NC1CCCS(=O)(=O)C1)c1ccc(Cl)cc1. The first-order valence-electron chi connectivity index (χ1n) is 10.9. The molecule has 2 aromatic rings. The Bertz CT molecular complexity index is 1180. The van der Waals surface area contributed by atoms with Crippen molar-refractivity contribution >= 4 is 53.2 Å². The summed E-state index contributed by atoms with van der Waals surface area (Å²) in [6.45, 7) is 4.26. The minimum absolute atomic E-state index is 0.0166. The van der Waals surface area contributed by atoms with Gasteiger partial charge in [-0.1, -0.05) is 37.6 Å². The van der Waals surface area contributed by atoms with Crippen molar-refractivity contribution in [2.45, 2.75) is 55.9 Å². The van der Waals surface area contributed by atoms with Crippen molar-refractivity contribution < 1.29 is 16.8 Å². The Kier molecular flexibility index (Phi) is 8.48. The number of nitrogens with one attached hydrogen (secondary N) is 2. The summed E-state index contributed by atoms with van der Waals surface area (Å²) < 4.78 is 54.1. The molecule has 11 heteroatoms. The normalized spacial score (nSPS) is 18.7. The molecule has 1 saturated heterocycles. The third kappa shape index (κ3) is 6.48. The average molecular weight is 579 g/mol. The number of sulfonamides is 1. The van der Waals surface area contributed by atoms with Gasteiger partial charge >= 0.3 is 0 Å². The number of hydrogen-bond acceptors (Lipinski definition) is 6. The summed E-state index contributed by atoms with van der Waals surface area (Å²) in [5, 5.41) is 3.68. The number of halogens is 2. The van der Waals surface area contributed by atoms with Gasteiger partial charge in [0.05, 0.1) is 11.5 Å². The molecule has 1 aliphatic rings. The van der Waals surface area contributed by atoms with Crippen molar-refractivity contribution in [1.82, 2.24) is 9.71 Å². The van der Waals surface area contributed by atoms with Crippen LogP contribution in [0.15, 0.2) is 45.9 Å². The van der Waals surface area contributed by atoms with Crippen molar-refractivity contribution in [3.8, 4) is 0 Å². The molecule has 1 unspecified atom stereocenters. The fourth-order valence-electron chi connectivity index (χ4n) is 4.19. The highest BCUT2D eigenvalue weighted by Gasteiger charge is 2.32. The van der Waals surface area contributed by atoms with E-state index in [4.69, 9.17) is 11.6 Å². The molecule has 0 spiro atoms. The van der Waals surface area contributed by atoms with Crippen LogP contribution in [0.4, 0.5) is 5.82 Å². The lowest BCUT2D eigenvalue weighted by molar-refractivity contribution is 0.391. The maximum absolute atomic E-state index is 13.4. The first kappa shape index (κ1) is 26.4. The topological polar surface area (TPSA) is 105 Å². The molecule has 1 aromatic carbocycles. The van der Waals surface area contributed by atoms with Gasteiger partial charge in [0.25, 0.3) is 0 Å². The second-order valence-corrected chi connectivity index (χ2v) is 13.7. The van der Waals surface area contributed by atoms with Gasteiger partial charge in [0.1, 0.15) is 10.7 Å². The van der Waals surface area contributed by atoms with Crippen molar-refractivity contribution in [3.05, 3.63) is 51.6 Å². The third-order valence-electron chi connectivity index (χ3n) is 6.32. The molecule has 33 heavy (non-hydrogen) atoms. The first-order valence-corrected chi connectivity index (χ1v) is 15.4. The van der Waals surface area contributed by atoms with Crippen molar-refractivity contribution in [1.29, 1.82) is 0 Å². The van der Waals surface area contributed by atoms with E-state index in [-0.39, 0.29) is 34.8 Å². The number of aromatic nitrogens is 1. The van der Waals surface area contributed by atoms with Gasteiger partial charge in [0.2, 0.25) is 10.0 Å². The molecule has 1 aromatic heterocycles. The number of nitrogens with zero attached hydrogens (tertiary/aromatic N) is 1. The maximum Gasteiger partial charge on any atom is 0.244 e. The summed E-state index contributed by atoms with van der Waals surface area (Å²) in [5.41, 5.74) is 0.611. The van der Waals surface area contributed by atoms with Gasteiger partial charge in [-0.3, -0.25) is 0 Å². The van der Waals surface area contributed by atoms with Crippen LogP contribution < -0.4 is 10.0 Å².